The topological polar surface area (TPSA) is 63.7 Å². The molecule has 3 aromatic rings. The highest BCUT2D eigenvalue weighted by Crippen LogP contribution is 2.25. The molecule has 0 saturated carbocycles. The molecule has 0 aliphatic heterocycles. The number of aryl methyl sites for hydroxylation is 2. The summed E-state index contributed by atoms with van der Waals surface area (Å²) < 4.78 is 33.0. The van der Waals surface area contributed by atoms with Gasteiger partial charge in [-0.25, -0.2) is 12.7 Å². The molecule has 30 heavy (non-hydrogen) atoms. The van der Waals surface area contributed by atoms with E-state index in [4.69, 9.17) is 4.74 Å². The van der Waals surface area contributed by atoms with Gasteiger partial charge < -0.3 is 4.74 Å². The first-order valence-corrected chi connectivity index (χ1v) is 11.2. The van der Waals surface area contributed by atoms with Crippen molar-refractivity contribution in [2.75, 3.05) is 10.9 Å². The van der Waals surface area contributed by atoms with Gasteiger partial charge in [0.05, 0.1) is 17.2 Å². The van der Waals surface area contributed by atoms with Crippen LogP contribution in [0, 0.1) is 13.8 Å². The van der Waals surface area contributed by atoms with Gasteiger partial charge in [0.25, 0.3) is 10.0 Å². The Morgan fingerprint density at radius 1 is 0.867 bits per heavy atom. The van der Waals surface area contributed by atoms with Crippen molar-refractivity contribution in [3.8, 4) is 5.75 Å². The Labute approximate surface area is 178 Å². The number of rotatable bonds is 8. The molecule has 3 rings (SSSR count). The molecular formula is C24H25NO4S. The third-order valence-electron chi connectivity index (χ3n) is 4.57. The minimum Gasteiger partial charge on any atom is -0.494 e. The number of carbonyl (C=O) groups excluding carboxylic acids is 1. The van der Waals surface area contributed by atoms with E-state index < -0.39 is 15.9 Å². The molecule has 0 spiro atoms. The van der Waals surface area contributed by atoms with Crippen LogP contribution in [0.1, 0.15) is 24.0 Å². The molecule has 1 amide bonds. The van der Waals surface area contributed by atoms with Crippen LogP contribution in [0.25, 0.3) is 0 Å². The van der Waals surface area contributed by atoms with Crippen molar-refractivity contribution in [2.45, 2.75) is 31.6 Å². The van der Waals surface area contributed by atoms with E-state index >= 15 is 0 Å². The van der Waals surface area contributed by atoms with Gasteiger partial charge in [0, 0.05) is 6.42 Å². The number of hydrogen-bond acceptors (Lipinski definition) is 4. The summed E-state index contributed by atoms with van der Waals surface area (Å²) >= 11 is 0. The Kier molecular flexibility index (Phi) is 6.90. The van der Waals surface area contributed by atoms with Gasteiger partial charge in [0.15, 0.2) is 0 Å². The lowest BCUT2D eigenvalue weighted by Gasteiger charge is -2.23. The molecule has 0 heterocycles. The molecule has 156 valence electrons. The molecule has 0 radical (unpaired) electrons. The van der Waals surface area contributed by atoms with E-state index in [2.05, 4.69) is 0 Å². The van der Waals surface area contributed by atoms with Gasteiger partial charge in [-0.15, -0.1) is 0 Å². The number of hydrogen-bond donors (Lipinski definition) is 0. The summed E-state index contributed by atoms with van der Waals surface area (Å²) in [4.78, 5) is 13.1. The maximum absolute atomic E-state index is 13.2. The van der Waals surface area contributed by atoms with Gasteiger partial charge in [-0.2, -0.15) is 0 Å². The van der Waals surface area contributed by atoms with Gasteiger partial charge >= 0.3 is 0 Å². The standard InChI is InChI=1S/C24H25NO4S/c1-19-13-15-21(16-14-19)25(30(27,28)23-10-4-3-5-11-23)24(26)12-7-17-29-22-9-6-8-20(2)18-22/h3-6,8-11,13-16,18H,7,12,17H2,1-2H3. The van der Waals surface area contributed by atoms with Crippen LogP contribution in [0.2, 0.25) is 0 Å². The van der Waals surface area contributed by atoms with Crippen LogP contribution in [-0.2, 0) is 14.8 Å². The first-order chi connectivity index (χ1) is 14.4. The SMILES string of the molecule is Cc1ccc(N(C(=O)CCCOc2cccc(C)c2)S(=O)(=O)c2ccccc2)cc1. The average Bonchev–Trinajstić information content (AvgIpc) is 2.73. The van der Waals surface area contributed by atoms with Crippen LogP contribution in [0.15, 0.2) is 83.8 Å². The van der Waals surface area contributed by atoms with Crippen LogP contribution < -0.4 is 9.04 Å². The van der Waals surface area contributed by atoms with Gasteiger partial charge in [-0.3, -0.25) is 4.79 Å². The predicted octanol–water partition coefficient (Wildman–Crippen LogP) is 4.88. The van der Waals surface area contributed by atoms with E-state index in [-0.39, 0.29) is 11.3 Å². The normalized spacial score (nSPS) is 11.1. The molecule has 0 fully saturated rings. The molecule has 0 saturated heterocycles. The van der Waals surface area contributed by atoms with Gasteiger partial charge in [0.2, 0.25) is 5.91 Å². The van der Waals surface area contributed by atoms with Crippen molar-refractivity contribution in [3.63, 3.8) is 0 Å². The third kappa shape index (κ3) is 5.27. The summed E-state index contributed by atoms with van der Waals surface area (Å²) in [5.41, 5.74) is 2.40. The lowest BCUT2D eigenvalue weighted by atomic mass is 10.2. The maximum atomic E-state index is 13.2. The van der Waals surface area contributed by atoms with E-state index in [1.807, 2.05) is 38.1 Å². The third-order valence-corrected chi connectivity index (χ3v) is 6.33. The Morgan fingerprint density at radius 2 is 1.57 bits per heavy atom. The fourth-order valence-corrected chi connectivity index (χ4v) is 4.49. The van der Waals surface area contributed by atoms with E-state index in [1.165, 1.54) is 12.1 Å². The zero-order valence-corrected chi connectivity index (χ0v) is 17.9. The first-order valence-electron chi connectivity index (χ1n) is 9.77. The zero-order valence-electron chi connectivity index (χ0n) is 17.1. The highest BCUT2D eigenvalue weighted by atomic mass is 32.2. The Bertz CT molecular complexity index is 1090. The van der Waals surface area contributed by atoms with Crippen molar-refractivity contribution in [2.24, 2.45) is 0 Å². The number of anilines is 1. The second kappa shape index (κ2) is 9.59. The lowest BCUT2D eigenvalue weighted by molar-refractivity contribution is -0.117. The van der Waals surface area contributed by atoms with Crippen molar-refractivity contribution < 1.29 is 17.9 Å². The predicted molar refractivity (Wildman–Crippen MR) is 118 cm³/mol. The van der Waals surface area contributed by atoms with E-state index in [0.717, 1.165) is 21.2 Å². The minimum absolute atomic E-state index is 0.0474. The fraction of sp³-hybridized carbons (Fsp3) is 0.208. The van der Waals surface area contributed by atoms with E-state index in [1.54, 1.807) is 42.5 Å². The summed E-state index contributed by atoms with van der Waals surface area (Å²) in [6.45, 7) is 4.21. The summed E-state index contributed by atoms with van der Waals surface area (Å²) in [7, 11) is -4.02. The number of nitrogens with zero attached hydrogens (tertiary/aromatic N) is 1. The Morgan fingerprint density at radius 3 is 2.23 bits per heavy atom. The van der Waals surface area contributed by atoms with Crippen LogP contribution in [0.4, 0.5) is 5.69 Å². The molecule has 0 atom stereocenters. The molecule has 6 heteroatoms. The zero-order chi connectivity index (χ0) is 21.6. The molecule has 0 aromatic heterocycles. The number of carbonyl (C=O) groups is 1. The monoisotopic (exact) mass is 423 g/mol. The van der Waals surface area contributed by atoms with Gasteiger partial charge in [-0.05, 0) is 62.2 Å². The maximum Gasteiger partial charge on any atom is 0.270 e. The quantitative estimate of drug-likeness (QED) is 0.484. The molecule has 0 N–H and O–H groups in total. The first kappa shape index (κ1) is 21.6. The summed E-state index contributed by atoms with van der Waals surface area (Å²) in [5.74, 6) is 0.241. The second-order valence-corrected chi connectivity index (χ2v) is 8.87. The fourth-order valence-electron chi connectivity index (χ4n) is 3.01. The van der Waals surface area contributed by atoms with Crippen LogP contribution in [0.5, 0.6) is 5.75 Å². The van der Waals surface area contributed by atoms with Crippen molar-refractivity contribution in [1.29, 1.82) is 0 Å². The summed E-state index contributed by atoms with van der Waals surface area (Å²) in [6.07, 6.45) is 0.450. The average molecular weight is 424 g/mol. The minimum atomic E-state index is -4.02. The lowest BCUT2D eigenvalue weighted by Crippen LogP contribution is -2.37. The van der Waals surface area contributed by atoms with Crippen molar-refractivity contribution in [1.82, 2.24) is 0 Å². The molecule has 0 aliphatic carbocycles. The molecule has 5 nitrogen and oxygen atoms in total. The highest BCUT2D eigenvalue weighted by Gasteiger charge is 2.30. The number of ether oxygens (including phenoxy) is 1. The van der Waals surface area contributed by atoms with Crippen molar-refractivity contribution >= 4 is 21.6 Å². The Hall–Kier alpha value is -3.12. The molecule has 3 aromatic carbocycles. The van der Waals surface area contributed by atoms with Gasteiger partial charge in [0.1, 0.15) is 5.75 Å². The number of benzene rings is 3. The summed E-state index contributed by atoms with van der Waals surface area (Å²) in [5, 5.41) is 0. The molecule has 0 unspecified atom stereocenters. The van der Waals surface area contributed by atoms with Crippen LogP contribution in [-0.4, -0.2) is 20.9 Å². The molecule has 0 aliphatic rings. The van der Waals surface area contributed by atoms with Crippen LogP contribution in [0.3, 0.4) is 0 Å². The van der Waals surface area contributed by atoms with E-state index in [9.17, 15) is 13.2 Å². The van der Waals surface area contributed by atoms with Crippen LogP contribution >= 0.6 is 0 Å². The smallest absolute Gasteiger partial charge is 0.270 e. The molecule has 0 bridgehead atoms. The van der Waals surface area contributed by atoms with Crippen molar-refractivity contribution in [3.05, 3.63) is 90.0 Å². The molecular weight excluding hydrogens is 398 g/mol. The number of sulfonamides is 1. The largest absolute Gasteiger partial charge is 0.494 e. The number of amides is 1. The van der Waals surface area contributed by atoms with Gasteiger partial charge in [-0.1, -0.05) is 48.0 Å². The Balaban J connectivity index is 1.76. The van der Waals surface area contributed by atoms with E-state index in [0.29, 0.717) is 18.7 Å². The highest BCUT2D eigenvalue weighted by molar-refractivity contribution is 7.93. The summed E-state index contributed by atoms with van der Waals surface area (Å²) in [6, 6.07) is 22.5. The second-order valence-electron chi connectivity index (χ2n) is 7.08.